The highest BCUT2D eigenvalue weighted by Crippen LogP contribution is 2.22. The van der Waals surface area contributed by atoms with Gasteiger partial charge in [-0.15, -0.1) is 0 Å². The number of nitrogens with one attached hydrogen (secondary N) is 1. The summed E-state index contributed by atoms with van der Waals surface area (Å²) in [6.07, 6.45) is 0.662. The average molecular weight is 374 g/mol. The molecule has 0 fully saturated rings. The summed E-state index contributed by atoms with van der Waals surface area (Å²) in [4.78, 5) is 13.5. The van der Waals surface area contributed by atoms with Crippen LogP contribution in [0.15, 0.2) is 53.4 Å². The Labute approximate surface area is 153 Å². The third kappa shape index (κ3) is 4.42. The van der Waals surface area contributed by atoms with Gasteiger partial charge in [0.15, 0.2) is 0 Å². The van der Waals surface area contributed by atoms with E-state index in [1.165, 1.54) is 0 Å². The molecule has 2 aromatic carbocycles. The second-order valence-electron chi connectivity index (χ2n) is 6.18. The summed E-state index contributed by atoms with van der Waals surface area (Å²) >= 11 is 0. The number of carbonyl (C=O) groups excluding carboxylic acids is 1. The normalized spacial score (nSPS) is 14.0. The highest BCUT2D eigenvalue weighted by Gasteiger charge is 2.21. The number of benzene rings is 2. The quantitative estimate of drug-likeness (QED) is 0.784. The largest absolute Gasteiger partial charge is 0.492 e. The maximum absolute atomic E-state index is 12.5. The van der Waals surface area contributed by atoms with Crippen LogP contribution in [0.25, 0.3) is 0 Å². The molecule has 0 bridgehead atoms. The van der Waals surface area contributed by atoms with Gasteiger partial charge in [-0.05, 0) is 41.8 Å². The van der Waals surface area contributed by atoms with Gasteiger partial charge in [0.2, 0.25) is 15.9 Å². The van der Waals surface area contributed by atoms with Crippen molar-refractivity contribution in [2.45, 2.75) is 24.8 Å². The molecule has 1 amide bonds. The summed E-state index contributed by atoms with van der Waals surface area (Å²) in [6.45, 7) is 3.13. The summed E-state index contributed by atoms with van der Waals surface area (Å²) in [6, 6.07) is 14.3. The predicted molar refractivity (Wildman–Crippen MR) is 98.4 cm³/mol. The van der Waals surface area contributed by atoms with Crippen molar-refractivity contribution in [3.63, 3.8) is 0 Å². The molecule has 0 unspecified atom stereocenters. The molecule has 138 valence electrons. The number of ether oxygens (including phenoxy) is 1. The van der Waals surface area contributed by atoms with Crippen molar-refractivity contribution < 1.29 is 17.9 Å². The van der Waals surface area contributed by atoms with Gasteiger partial charge in [-0.3, -0.25) is 4.79 Å². The summed E-state index contributed by atoms with van der Waals surface area (Å²) < 4.78 is 33.0. The second-order valence-corrected chi connectivity index (χ2v) is 7.95. The van der Waals surface area contributed by atoms with Crippen LogP contribution < -0.4 is 9.46 Å². The molecule has 7 heteroatoms. The van der Waals surface area contributed by atoms with Crippen molar-refractivity contribution in [1.82, 2.24) is 9.62 Å². The lowest BCUT2D eigenvalue weighted by Crippen LogP contribution is -2.34. The number of amides is 1. The van der Waals surface area contributed by atoms with Crippen LogP contribution in [0.5, 0.6) is 5.75 Å². The first kappa shape index (κ1) is 18.4. The van der Waals surface area contributed by atoms with Crippen molar-refractivity contribution in [2.24, 2.45) is 0 Å². The Morgan fingerprint density at radius 2 is 1.92 bits per heavy atom. The van der Waals surface area contributed by atoms with Crippen LogP contribution in [0.1, 0.15) is 18.1 Å². The third-order valence-corrected chi connectivity index (χ3v) is 5.81. The van der Waals surface area contributed by atoms with Crippen molar-refractivity contribution >= 4 is 15.9 Å². The fourth-order valence-electron chi connectivity index (χ4n) is 2.91. The Kier molecular flexibility index (Phi) is 5.58. The summed E-state index contributed by atoms with van der Waals surface area (Å²) in [7, 11) is -3.59. The molecule has 1 aliphatic heterocycles. The van der Waals surface area contributed by atoms with E-state index in [2.05, 4.69) is 4.72 Å². The molecule has 0 aromatic heterocycles. The lowest BCUT2D eigenvalue weighted by Gasteiger charge is -2.28. The Balaban J connectivity index is 1.60. The average Bonchev–Trinajstić information content (AvgIpc) is 2.65. The van der Waals surface area contributed by atoms with E-state index < -0.39 is 10.0 Å². The second kappa shape index (κ2) is 7.88. The van der Waals surface area contributed by atoms with Crippen LogP contribution in [-0.4, -0.2) is 38.9 Å². The fraction of sp³-hybridized carbons (Fsp3) is 0.316. The molecule has 0 saturated carbocycles. The highest BCUT2D eigenvalue weighted by atomic mass is 32.2. The maximum atomic E-state index is 12.5. The Morgan fingerprint density at radius 1 is 1.15 bits per heavy atom. The van der Waals surface area contributed by atoms with Gasteiger partial charge in [-0.1, -0.05) is 24.3 Å². The zero-order valence-corrected chi connectivity index (χ0v) is 15.5. The van der Waals surface area contributed by atoms with Gasteiger partial charge < -0.3 is 9.64 Å². The minimum Gasteiger partial charge on any atom is -0.492 e. The Bertz CT molecular complexity index is 882. The number of hydrogen-bond donors (Lipinski definition) is 1. The van der Waals surface area contributed by atoms with Crippen LogP contribution in [0, 0.1) is 0 Å². The zero-order chi connectivity index (χ0) is 18.6. The predicted octanol–water partition coefficient (Wildman–Crippen LogP) is 1.95. The lowest BCUT2D eigenvalue weighted by atomic mass is 10.00. The van der Waals surface area contributed by atoms with Crippen LogP contribution in [-0.2, 0) is 27.8 Å². The Morgan fingerprint density at radius 3 is 2.65 bits per heavy atom. The third-order valence-electron chi connectivity index (χ3n) is 4.35. The van der Waals surface area contributed by atoms with E-state index in [4.69, 9.17) is 4.74 Å². The molecule has 0 radical (unpaired) electrons. The molecule has 1 heterocycles. The summed E-state index contributed by atoms with van der Waals surface area (Å²) in [5.41, 5.74) is 1.98. The van der Waals surface area contributed by atoms with Crippen molar-refractivity contribution in [3.05, 3.63) is 59.7 Å². The van der Waals surface area contributed by atoms with Gasteiger partial charge in [-0.2, -0.15) is 0 Å². The summed E-state index contributed by atoms with van der Waals surface area (Å²) in [5.74, 6) is 0.739. The number of rotatable bonds is 6. The molecule has 1 N–H and O–H groups in total. The maximum Gasteiger partial charge on any atom is 0.240 e. The number of sulfonamides is 1. The number of nitrogens with zero attached hydrogens (tertiary/aromatic N) is 1. The van der Waals surface area contributed by atoms with Crippen molar-refractivity contribution in [1.29, 1.82) is 0 Å². The molecule has 0 spiro atoms. The van der Waals surface area contributed by atoms with Crippen LogP contribution in [0.3, 0.4) is 0 Å². The number of hydrogen-bond acceptors (Lipinski definition) is 4. The van der Waals surface area contributed by atoms with E-state index >= 15 is 0 Å². The smallest absolute Gasteiger partial charge is 0.240 e. The highest BCUT2D eigenvalue weighted by molar-refractivity contribution is 7.89. The standard InChI is InChI=1S/C19H22N2O4S/c1-15(22)21-11-9-16-13-19(8-7-17(16)14-21)26(23,24)20-10-12-25-18-5-3-2-4-6-18/h2-8,13,20H,9-12,14H2,1H3. The monoisotopic (exact) mass is 374 g/mol. The molecule has 3 rings (SSSR count). The van der Waals surface area contributed by atoms with Crippen LogP contribution in [0.2, 0.25) is 0 Å². The van der Waals surface area contributed by atoms with Crippen LogP contribution >= 0.6 is 0 Å². The van der Waals surface area contributed by atoms with Gasteiger partial charge in [-0.25, -0.2) is 13.1 Å². The molecule has 0 saturated heterocycles. The van der Waals surface area contributed by atoms with Gasteiger partial charge in [0.1, 0.15) is 12.4 Å². The van der Waals surface area contributed by atoms with E-state index in [0.29, 0.717) is 25.3 Å². The first-order chi connectivity index (χ1) is 12.5. The molecule has 0 aliphatic carbocycles. The Hall–Kier alpha value is -2.38. The molecular formula is C19H22N2O4S. The number of carbonyl (C=O) groups is 1. The van der Waals surface area contributed by atoms with E-state index in [1.54, 1.807) is 30.0 Å². The molecule has 26 heavy (non-hydrogen) atoms. The summed E-state index contributed by atoms with van der Waals surface area (Å²) in [5, 5.41) is 0. The number of para-hydroxylation sites is 1. The first-order valence-corrected chi connectivity index (χ1v) is 9.99. The minimum atomic E-state index is -3.59. The van der Waals surface area contributed by atoms with E-state index in [9.17, 15) is 13.2 Å². The lowest BCUT2D eigenvalue weighted by molar-refractivity contribution is -0.129. The van der Waals surface area contributed by atoms with Gasteiger partial charge in [0, 0.05) is 26.6 Å². The zero-order valence-electron chi connectivity index (χ0n) is 14.6. The van der Waals surface area contributed by atoms with Crippen LogP contribution in [0.4, 0.5) is 0 Å². The SMILES string of the molecule is CC(=O)N1CCc2cc(S(=O)(=O)NCCOc3ccccc3)ccc2C1. The van der Waals surface area contributed by atoms with Crippen molar-refractivity contribution in [3.8, 4) is 5.75 Å². The fourth-order valence-corrected chi connectivity index (χ4v) is 3.97. The van der Waals surface area contributed by atoms with Gasteiger partial charge in [0.05, 0.1) is 4.90 Å². The number of fused-ring (bicyclic) bond motifs is 1. The topological polar surface area (TPSA) is 75.7 Å². The van der Waals surface area contributed by atoms with Gasteiger partial charge >= 0.3 is 0 Å². The van der Waals surface area contributed by atoms with E-state index in [-0.39, 0.29) is 24.0 Å². The molecular weight excluding hydrogens is 352 g/mol. The minimum absolute atomic E-state index is 0.0347. The van der Waals surface area contributed by atoms with E-state index in [1.807, 2.05) is 30.3 Å². The molecule has 6 nitrogen and oxygen atoms in total. The first-order valence-electron chi connectivity index (χ1n) is 8.50. The van der Waals surface area contributed by atoms with Gasteiger partial charge in [0.25, 0.3) is 0 Å². The molecule has 1 aliphatic rings. The molecule has 2 aromatic rings. The van der Waals surface area contributed by atoms with E-state index in [0.717, 1.165) is 11.1 Å². The van der Waals surface area contributed by atoms with Crippen molar-refractivity contribution in [2.75, 3.05) is 19.7 Å². The molecule has 0 atom stereocenters.